The van der Waals surface area contributed by atoms with Crippen molar-refractivity contribution < 1.29 is 9.84 Å². The van der Waals surface area contributed by atoms with Crippen molar-refractivity contribution in [1.82, 2.24) is 4.57 Å². The number of pyridine rings is 1. The molecule has 1 rings (SSSR count). The number of rotatable bonds is 3. The van der Waals surface area contributed by atoms with Gasteiger partial charge in [0.25, 0.3) is 0 Å². The molecule has 1 aromatic rings. The first-order valence-electron chi connectivity index (χ1n) is 3.91. The summed E-state index contributed by atoms with van der Waals surface area (Å²) >= 11 is 0. The molecule has 0 amide bonds. The monoisotopic (exact) mass is 183 g/mol. The van der Waals surface area contributed by atoms with Crippen LogP contribution in [0.5, 0.6) is 5.75 Å². The number of hydrogen-bond acceptors (Lipinski definition) is 4. The number of nitrogens with two attached hydrogens (primary N) is 1. The zero-order valence-electron chi connectivity index (χ0n) is 7.47. The maximum atomic E-state index is 8.73. The highest BCUT2D eigenvalue weighted by molar-refractivity contribution is 5.17. The summed E-state index contributed by atoms with van der Waals surface area (Å²) in [4.78, 5) is 0. The SMILES string of the molecule is COc1ccn(CCO)/c(=N/N)c1. The molecule has 5 heteroatoms. The topological polar surface area (TPSA) is 72.8 Å². The summed E-state index contributed by atoms with van der Waals surface area (Å²) in [6, 6.07) is 3.49. The van der Waals surface area contributed by atoms with Crippen LogP contribution in [-0.2, 0) is 6.54 Å². The molecule has 1 aromatic heterocycles. The highest BCUT2D eigenvalue weighted by atomic mass is 16.5. The second-order valence-electron chi connectivity index (χ2n) is 2.47. The smallest absolute Gasteiger partial charge is 0.155 e. The number of ether oxygens (including phenoxy) is 1. The van der Waals surface area contributed by atoms with E-state index in [1.54, 1.807) is 30.0 Å². The van der Waals surface area contributed by atoms with Crippen LogP contribution in [0.1, 0.15) is 0 Å². The minimum Gasteiger partial charge on any atom is -0.497 e. The maximum absolute atomic E-state index is 8.73. The van der Waals surface area contributed by atoms with Crippen molar-refractivity contribution in [3.05, 3.63) is 23.8 Å². The lowest BCUT2D eigenvalue weighted by Crippen LogP contribution is -2.23. The number of aliphatic hydroxyl groups is 1. The van der Waals surface area contributed by atoms with Crippen LogP contribution in [0.25, 0.3) is 0 Å². The average Bonchev–Trinajstić information content (AvgIpc) is 2.19. The van der Waals surface area contributed by atoms with Crippen LogP contribution in [0.2, 0.25) is 0 Å². The Labute approximate surface area is 76.1 Å². The van der Waals surface area contributed by atoms with E-state index in [0.717, 1.165) is 0 Å². The van der Waals surface area contributed by atoms with Crippen molar-refractivity contribution in [2.45, 2.75) is 6.54 Å². The second kappa shape index (κ2) is 4.51. The van der Waals surface area contributed by atoms with Crippen LogP contribution < -0.4 is 16.1 Å². The predicted molar refractivity (Wildman–Crippen MR) is 47.8 cm³/mol. The standard InChI is InChI=1S/C8H13N3O2/c1-13-7-2-3-11(4-5-12)8(6-7)10-9/h2-3,6,12H,4-5,9H2,1H3/b10-8+. The fourth-order valence-electron chi connectivity index (χ4n) is 1.03. The molecule has 0 atom stereocenters. The van der Waals surface area contributed by atoms with Crippen molar-refractivity contribution in [3.63, 3.8) is 0 Å². The number of hydrogen-bond donors (Lipinski definition) is 2. The third-order valence-electron chi connectivity index (χ3n) is 1.69. The highest BCUT2D eigenvalue weighted by Gasteiger charge is 1.95. The lowest BCUT2D eigenvalue weighted by atomic mass is 10.4. The lowest BCUT2D eigenvalue weighted by molar-refractivity contribution is 0.273. The quantitative estimate of drug-likeness (QED) is 0.479. The van der Waals surface area contributed by atoms with Gasteiger partial charge < -0.3 is 20.3 Å². The minimum absolute atomic E-state index is 0.0551. The van der Waals surface area contributed by atoms with E-state index in [0.29, 0.717) is 17.8 Å². The van der Waals surface area contributed by atoms with Gasteiger partial charge >= 0.3 is 0 Å². The molecular formula is C8H13N3O2. The van der Waals surface area contributed by atoms with E-state index in [9.17, 15) is 0 Å². The lowest BCUT2D eigenvalue weighted by Gasteiger charge is -2.06. The molecule has 0 aliphatic heterocycles. The first kappa shape index (κ1) is 9.60. The second-order valence-corrected chi connectivity index (χ2v) is 2.47. The van der Waals surface area contributed by atoms with Crippen molar-refractivity contribution >= 4 is 0 Å². The number of aliphatic hydroxyl groups excluding tert-OH is 1. The molecule has 0 saturated carbocycles. The first-order valence-corrected chi connectivity index (χ1v) is 3.91. The van der Waals surface area contributed by atoms with Gasteiger partial charge in [0.1, 0.15) is 5.75 Å². The van der Waals surface area contributed by atoms with Crippen molar-refractivity contribution in [2.24, 2.45) is 10.9 Å². The Morgan fingerprint density at radius 2 is 2.46 bits per heavy atom. The Balaban J connectivity index is 3.09. The van der Waals surface area contributed by atoms with Crippen LogP contribution in [-0.4, -0.2) is 23.4 Å². The van der Waals surface area contributed by atoms with Crippen LogP contribution >= 0.6 is 0 Å². The largest absolute Gasteiger partial charge is 0.497 e. The number of methoxy groups -OCH3 is 1. The molecule has 0 aliphatic carbocycles. The molecule has 0 spiro atoms. The first-order chi connectivity index (χ1) is 6.31. The van der Waals surface area contributed by atoms with Crippen LogP contribution in [0, 0.1) is 0 Å². The van der Waals surface area contributed by atoms with Crippen molar-refractivity contribution in [3.8, 4) is 5.75 Å². The van der Waals surface area contributed by atoms with E-state index >= 15 is 0 Å². The van der Waals surface area contributed by atoms with Gasteiger partial charge in [-0.2, -0.15) is 5.10 Å². The molecule has 13 heavy (non-hydrogen) atoms. The predicted octanol–water partition coefficient (Wildman–Crippen LogP) is -0.737. The van der Waals surface area contributed by atoms with Crippen LogP contribution in [0.4, 0.5) is 0 Å². The molecule has 0 bridgehead atoms. The third kappa shape index (κ3) is 2.22. The Kier molecular flexibility index (Phi) is 3.33. The van der Waals surface area contributed by atoms with Crippen LogP contribution in [0.3, 0.4) is 0 Å². The van der Waals surface area contributed by atoms with E-state index in [4.69, 9.17) is 15.7 Å². The van der Waals surface area contributed by atoms with E-state index in [-0.39, 0.29) is 6.61 Å². The van der Waals surface area contributed by atoms with E-state index in [2.05, 4.69) is 5.10 Å². The van der Waals surface area contributed by atoms with Gasteiger partial charge in [0.15, 0.2) is 5.49 Å². The average molecular weight is 183 g/mol. The number of aromatic nitrogens is 1. The molecular weight excluding hydrogens is 170 g/mol. The molecule has 0 aromatic carbocycles. The zero-order chi connectivity index (χ0) is 9.68. The molecule has 0 aliphatic rings. The summed E-state index contributed by atoms with van der Waals surface area (Å²) < 4.78 is 6.74. The summed E-state index contributed by atoms with van der Waals surface area (Å²) in [5, 5.41) is 12.3. The fraction of sp³-hybridized carbons (Fsp3) is 0.375. The van der Waals surface area contributed by atoms with Gasteiger partial charge in [0, 0.05) is 18.8 Å². The summed E-state index contributed by atoms with van der Waals surface area (Å²) in [7, 11) is 1.58. The Morgan fingerprint density at radius 3 is 3.00 bits per heavy atom. The Bertz CT molecular complexity index is 332. The van der Waals surface area contributed by atoms with Crippen molar-refractivity contribution in [2.75, 3.05) is 13.7 Å². The summed E-state index contributed by atoms with van der Waals surface area (Å²) in [5.41, 5.74) is 0.577. The normalized spacial score (nSPS) is 11.7. The molecule has 1 heterocycles. The van der Waals surface area contributed by atoms with E-state index in [1.807, 2.05) is 0 Å². The Hall–Kier alpha value is -1.49. The van der Waals surface area contributed by atoms with Gasteiger partial charge in [-0.1, -0.05) is 0 Å². The molecule has 0 saturated heterocycles. The Morgan fingerprint density at radius 1 is 1.69 bits per heavy atom. The van der Waals surface area contributed by atoms with Gasteiger partial charge in [0.05, 0.1) is 13.7 Å². The fourth-order valence-corrected chi connectivity index (χ4v) is 1.03. The van der Waals surface area contributed by atoms with Gasteiger partial charge in [-0.3, -0.25) is 0 Å². The van der Waals surface area contributed by atoms with E-state index < -0.39 is 0 Å². The van der Waals surface area contributed by atoms with Crippen LogP contribution in [0.15, 0.2) is 23.4 Å². The van der Waals surface area contributed by atoms with Gasteiger partial charge in [0.2, 0.25) is 0 Å². The third-order valence-corrected chi connectivity index (χ3v) is 1.69. The zero-order valence-corrected chi connectivity index (χ0v) is 7.47. The summed E-state index contributed by atoms with van der Waals surface area (Å²) in [6.45, 7) is 0.527. The molecule has 0 unspecified atom stereocenters. The van der Waals surface area contributed by atoms with Gasteiger partial charge in [-0.25, -0.2) is 0 Å². The number of nitrogens with zero attached hydrogens (tertiary/aromatic N) is 2. The maximum Gasteiger partial charge on any atom is 0.155 e. The van der Waals surface area contributed by atoms with Crippen molar-refractivity contribution in [1.29, 1.82) is 0 Å². The molecule has 72 valence electrons. The molecule has 3 N–H and O–H groups in total. The minimum atomic E-state index is 0.0551. The molecule has 0 fully saturated rings. The summed E-state index contributed by atoms with van der Waals surface area (Å²) in [6.07, 6.45) is 1.76. The van der Waals surface area contributed by atoms with Gasteiger partial charge in [-0.05, 0) is 6.07 Å². The summed E-state index contributed by atoms with van der Waals surface area (Å²) in [5.74, 6) is 5.86. The molecule has 5 nitrogen and oxygen atoms in total. The molecule has 0 radical (unpaired) electrons. The van der Waals surface area contributed by atoms with Gasteiger partial charge in [-0.15, -0.1) is 0 Å². The van der Waals surface area contributed by atoms with E-state index in [1.165, 1.54) is 0 Å². The highest BCUT2D eigenvalue weighted by Crippen LogP contribution is 2.03.